The maximum Gasteiger partial charge on any atom is 0.254 e. The number of halogens is 2. The molecule has 0 atom stereocenters. The smallest absolute Gasteiger partial charge is 0.254 e. The van der Waals surface area contributed by atoms with E-state index in [0.717, 1.165) is 23.0 Å². The van der Waals surface area contributed by atoms with E-state index in [1.807, 2.05) is 12.3 Å². The average Bonchev–Trinajstić information content (AvgIpc) is 3.04. The quantitative estimate of drug-likeness (QED) is 0.703. The Morgan fingerprint density at radius 1 is 1.20 bits per heavy atom. The third-order valence-electron chi connectivity index (χ3n) is 4.40. The zero-order chi connectivity index (χ0) is 17.4. The van der Waals surface area contributed by atoms with Crippen molar-refractivity contribution >= 4 is 45.7 Å². The molecule has 0 saturated heterocycles. The van der Waals surface area contributed by atoms with Crippen LogP contribution in [0.25, 0.3) is 16.6 Å². The number of rotatable bonds is 2. The number of carbonyl (C=O) groups is 1. The summed E-state index contributed by atoms with van der Waals surface area (Å²) >= 11 is 12.0. The van der Waals surface area contributed by atoms with Crippen molar-refractivity contribution in [2.24, 2.45) is 0 Å². The molecule has 0 aliphatic carbocycles. The van der Waals surface area contributed by atoms with E-state index in [4.69, 9.17) is 23.2 Å². The first-order valence-electron chi connectivity index (χ1n) is 7.99. The van der Waals surface area contributed by atoms with Crippen LogP contribution in [0.5, 0.6) is 0 Å². The van der Waals surface area contributed by atoms with Crippen LogP contribution in [0.15, 0.2) is 48.8 Å². The number of nitrogens with one attached hydrogen (secondary N) is 1. The van der Waals surface area contributed by atoms with Gasteiger partial charge in [0.15, 0.2) is 0 Å². The molecule has 1 amide bonds. The van der Waals surface area contributed by atoms with Crippen molar-refractivity contribution in [3.05, 3.63) is 70.0 Å². The average molecular weight is 372 g/mol. The topological polar surface area (TPSA) is 49.0 Å². The van der Waals surface area contributed by atoms with Crippen molar-refractivity contribution in [2.75, 3.05) is 13.1 Å². The van der Waals surface area contributed by atoms with Gasteiger partial charge in [-0.15, -0.1) is 0 Å². The Morgan fingerprint density at radius 3 is 2.72 bits per heavy atom. The highest BCUT2D eigenvalue weighted by atomic mass is 35.5. The van der Waals surface area contributed by atoms with Gasteiger partial charge in [-0.2, -0.15) is 0 Å². The van der Waals surface area contributed by atoms with Crippen LogP contribution in [0, 0.1) is 0 Å². The molecule has 4 rings (SSSR count). The lowest BCUT2D eigenvalue weighted by Gasteiger charge is -2.26. The summed E-state index contributed by atoms with van der Waals surface area (Å²) in [5.74, 6) is -0.0553. The Kier molecular flexibility index (Phi) is 4.24. The van der Waals surface area contributed by atoms with Gasteiger partial charge in [-0.3, -0.25) is 4.79 Å². The molecule has 0 fully saturated rings. The van der Waals surface area contributed by atoms with Crippen LogP contribution in [0.4, 0.5) is 0 Å². The van der Waals surface area contributed by atoms with Crippen molar-refractivity contribution in [3.8, 4) is 0 Å². The highest BCUT2D eigenvalue weighted by molar-refractivity contribution is 6.35. The molecule has 0 unspecified atom stereocenters. The third kappa shape index (κ3) is 3.15. The highest BCUT2D eigenvalue weighted by Gasteiger charge is 2.21. The number of carbonyl (C=O) groups excluding carboxylic acids is 1. The maximum atomic E-state index is 12.7. The van der Waals surface area contributed by atoms with Crippen LogP contribution < -0.4 is 0 Å². The number of aromatic nitrogens is 2. The number of benzene rings is 1. The fourth-order valence-electron chi connectivity index (χ4n) is 3.18. The lowest BCUT2D eigenvalue weighted by Crippen LogP contribution is -2.34. The van der Waals surface area contributed by atoms with Gasteiger partial charge >= 0.3 is 0 Å². The van der Waals surface area contributed by atoms with Gasteiger partial charge in [0.25, 0.3) is 5.91 Å². The molecular formula is C19H15Cl2N3O. The standard InChI is InChI=1S/C19H15Cl2N3O/c20-14-8-13(9-15(21)10-14)19(25)24-6-3-12(4-7-24)17-11-23-18-16(17)2-1-5-22-18/h1-3,5,8-11H,4,6-7H2,(H,22,23). The maximum absolute atomic E-state index is 12.7. The zero-order valence-corrected chi connectivity index (χ0v) is 14.8. The second-order valence-electron chi connectivity index (χ2n) is 5.99. The predicted octanol–water partition coefficient (Wildman–Crippen LogP) is 4.80. The first kappa shape index (κ1) is 16.2. The van der Waals surface area contributed by atoms with E-state index in [-0.39, 0.29) is 5.91 Å². The number of amides is 1. The summed E-state index contributed by atoms with van der Waals surface area (Å²) in [5, 5.41) is 2.04. The monoisotopic (exact) mass is 371 g/mol. The summed E-state index contributed by atoms with van der Waals surface area (Å²) in [5.41, 5.74) is 3.78. The molecule has 3 heterocycles. The van der Waals surface area contributed by atoms with Crippen molar-refractivity contribution in [1.29, 1.82) is 0 Å². The molecule has 1 aliphatic heterocycles. The number of aromatic amines is 1. The lowest BCUT2D eigenvalue weighted by molar-refractivity contribution is 0.0773. The number of fused-ring (bicyclic) bond motifs is 1. The number of nitrogens with zero attached hydrogens (tertiary/aromatic N) is 2. The molecule has 126 valence electrons. The van der Waals surface area contributed by atoms with Gasteiger partial charge in [-0.1, -0.05) is 29.3 Å². The molecular weight excluding hydrogens is 357 g/mol. The molecule has 0 bridgehead atoms. The Labute approximate surface area is 155 Å². The summed E-state index contributed by atoms with van der Waals surface area (Å²) in [6, 6.07) is 8.92. The first-order chi connectivity index (χ1) is 12.1. The molecule has 0 spiro atoms. The number of hydrogen-bond donors (Lipinski definition) is 1. The van der Waals surface area contributed by atoms with Crippen molar-refractivity contribution in [3.63, 3.8) is 0 Å². The van der Waals surface area contributed by atoms with E-state index in [1.54, 1.807) is 29.3 Å². The zero-order valence-electron chi connectivity index (χ0n) is 13.3. The molecule has 25 heavy (non-hydrogen) atoms. The molecule has 0 saturated carbocycles. The molecule has 6 heteroatoms. The normalized spacial score (nSPS) is 14.6. The highest BCUT2D eigenvalue weighted by Crippen LogP contribution is 2.29. The van der Waals surface area contributed by atoms with Gasteiger partial charge in [0, 0.05) is 52.0 Å². The fourth-order valence-corrected chi connectivity index (χ4v) is 3.71. The van der Waals surface area contributed by atoms with E-state index < -0.39 is 0 Å². The minimum Gasteiger partial charge on any atom is -0.346 e. The second-order valence-corrected chi connectivity index (χ2v) is 6.86. The molecule has 4 nitrogen and oxygen atoms in total. The minimum atomic E-state index is -0.0553. The van der Waals surface area contributed by atoms with E-state index >= 15 is 0 Å². The molecule has 1 aliphatic rings. The summed E-state index contributed by atoms with van der Waals surface area (Å²) in [6.45, 7) is 1.22. The van der Waals surface area contributed by atoms with E-state index in [2.05, 4.69) is 22.1 Å². The minimum absolute atomic E-state index is 0.0553. The number of hydrogen-bond acceptors (Lipinski definition) is 2. The largest absolute Gasteiger partial charge is 0.346 e. The number of pyridine rings is 1. The van der Waals surface area contributed by atoms with E-state index in [9.17, 15) is 4.79 Å². The summed E-state index contributed by atoms with van der Waals surface area (Å²) < 4.78 is 0. The van der Waals surface area contributed by atoms with Crippen LogP contribution in [-0.4, -0.2) is 33.9 Å². The fraction of sp³-hybridized carbons (Fsp3) is 0.158. The molecule has 1 N–H and O–H groups in total. The predicted molar refractivity (Wildman–Crippen MR) is 101 cm³/mol. The van der Waals surface area contributed by atoms with Gasteiger partial charge in [0.1, 0.15) is 5.65 Å². The van der Waals surface area contributed by atoms with Crippen molar-refractivity contribution < 1.29 is 4.79 Å². The Hall–Kier alpha value is -2.30. The van der Waals surface area contributed by atoms with Gasteiger partial charge in [-0.25, -0.2) is 4.98 Å². The summed E-state index contributed by atoms with van der Waals surface area (Å²) in [7, 11) is 0. The molecule has 2 aromatic heterocycles. The van der Waals surface area contributed by atoms with Gasteiger partial charge in [-0.05, 0) is 42.3 Å². The Balaban J connectivity index is 1.56. The van der Waals surface area contributed by atoms with Gasteiger partial charge in [0.2, 0.25) is 0 Å². The van der Waals surface area contributed by atoms with Crippen molar-refractivity contribution in [1.82, 2.24) is 14.9 Å². The Bertz CT molecular complexity index is 973. The van der Waals surface area contributed by atoms with Gasteiger partial charge in [0.05, 0.1) is 0 Å². The second kappa shape index (κ2) is 6.54. The Morgan fingerprint density at radius 2 is 2.00 bits per heavy atom. The van der Waals surface area contributed by atoms with E-state index in [0.29, 0.717) is 28.7 Å². The van der Waals surface area contributed by atoms with Crippen molar-refractivity contribution in [2.45, 2.75) is 6.42 Å². The summed E-state index contributed by atoms with van der Waals surface area (Å²) in [4.78, 5) is 22.0. The van der Waals surface area contributed by atoms with Crippen LogP contribution in [-0.2, 0) is 0 Å². The SMILES string of the molecule is O=C(c1cc(Cl)cc(Cl)c1)N1CC=C(c2c[nH]c3ncccc23)CC1. The number of H-pyrrole nitrogens is 1. The van der Waals surface area contributed by atoms with Crippen LogP contribution in [0.1, 0.15) is 22.3 Å². The summed E-state index contributed by atoms with van der Waals surface area (Å²) in [6.07, 6.45) is 6.65. The van der Waals surface area contributed by atoms with E-state index in [1.165, 1.54) is 5.57 Å². The van der Waals surface area contributed by atoms with Crippen LogP contribution in [0.2, 0.25) is 10.0 Å². The first-order valence-corrected chi connectivity index (χ1v) is 8.74. The lowest BCUT2D eigenvalue weighted by atomic mass is 9.99. The van der Waals surface area contributed by atoms with Crippen LogP contribution >= 0.6 is 23.2 Å². The third-order valence-corrected chi connectivity index (χ3v) is 4.84. The molecule has 0 radical (unpaired) electrons. The van der Waals surface area contributed by atoms with Crippen LogP contribution in [0.3, 0.4) is 0 Å². The molecule has 3 aromatic rings. The van der Waals surface area contributed by atoms with Gasteiger partial charge < -0.3 is 9.88 Å². The molecule has 1 aromatic carbocycles.